The minimum Gasteiger partial charge on any atom is -0.379 e. The molecule has 2 heterocycles. The molecule has 0 saturated carbocycles. The van der Waals surface area contributed by atoms with Crippen LogP contribution in [0.1, 0.15) is 17.0 Å². The molecular weight excluding hydrogens is 321 g/mol. The van der Waals surface area contributed by atoms with Gasteiger partial charge in [-0.25, -0.2) is 14.4 Å². The lowest BCUT2D eigenvalue weighted by Crippen LogP contribution is -2.37. The lowest BCUT2D eigenvalue weighted by atomic mass is 10.0. The van der Waals surface area contributed by atoms with Crippen LogP contribution in [0.2, 0.25) is 0 Å². The fourth-order valence-electron chi connectivity index (χ4n) is 3.06. The molecule has 6 heteroatoms. The Balaban J connectivity index is 1.65. The second-order valence-electron chi connectivity index (χ2n) is 6.40. The first-order valence-corrected chi connectivity index (χ1v) is 8.48. The van der Waals surface area contributed by atoms with Gasteiger partial charge in [0.05, 0.1) is 19.6 Å². The van der Waals surface area contributed by atoms with E-state index in [0.29, 0.717) is 31.9 Å². The number of aryl methyl sites for hydroxylation is 1. The van der Waals surface area contributed by atoms with Crippen molar-refractivity contribution in [2.45, 2.75) is 19.8 Å². The number of hydrogen-bond donors (Lipinski definition) is 0. The molecule has 132 valence electrons. The lowest BCUT2D eigenvalue weighted by Gasteiger charge is -2.23. The van der Waals surface area contributed by atoms with E-state index in [9.17, 15) is 9.18 Å². The predicted octanol–water partition coefficient (Wildman–Crippen LogP) is 2.18. The molecule has 5 nitrogen and oxygen atoms in total. The van der Waals surface area contributed by atoms with Crippen molar-refractivity contribution in [1.82, 2.24) is 14.9 Å². The van der Waals surface area contributed by atoms with Gasteiger partial charge in [0.25, 0.3) is 0 Å². The summed E-state index contributed by atoms with van der Waals surface area (Å²) < 4.78 is 19.4. The Morgan fingerprint density at radius 1 is 1.36 bits per heavy atom. The summed E-state index contributed by atoms with van der Waals surface area (Å²) in [5.41, 5.74) is 2.30. The molecule has 0 radical (unpaired) electrons. The van der Waals surface area contributed by atoms with Crippen molar-refractivity contribution in [3.05, 3.63) is 59.4 Å². The molecule has 1 fully saturated rings. The highest BCUT2D eigenvalue weighted by Crippen LogP contribution is 2.15. The maximum absolute atomic E-state index is 13.8. The van der Waals surface area contributed by atoms with Crippen LogP contribution in [0.5, 0.6) is 0 Å². The van der Waals surface area contributed by atoms with E-state index in [1.165, 1.54) is 6.07 Å². The average molecular weight is 343 g/mol. The highest BCUT2D eigenvalue weighted by molar-refractivity contribution is 5.78. The number of ether oxygens (including phenoxy) is 1. The Hall–Kier alpha value is -2.34. The third kappa shape index (κ3) is 4.82. The van der Waals surface area contributed by atoms with Gasteiger partial charge >= 0.3 is 0 Å². The Morgan fingerprint density at radius 2 is 2.20 bits per heavy atom. The van der Waals surface area contributed by atoms with Crippen LogP contribution in [0.4, 0.5) is 4.39 Å². The van der Waals surface area contributed by atoms with Crippen molar-refractivity contribution in [3.8, 4) is 0 Å². The molecule has 1 aromatic heterocycles. The molecule has 3 rings (SSSR count). The summed E-state index contributed by atoms with van der Waals surface area (Å²) in [6.45, 7) is 4.15. The molecule has 0 spiro atoms. The lowest BCUT2D eigenvalue weighted by molar-refractivity contribution is -0.130. The van der Waals surface area contributed by atoms with Crippen LogP contribution in [-0.2, 0) is 22.4 Å². The summed E-state index contributed by atoms with van der Waals surface area (Å²) >= 11 is 0. The van der Waals surface area contributed by atoms with E-state index >= 15 is 0 Å². The predicted molar refractivity (Wildman–Crippen MR) is 91.5 cm³/mol. The Kier molecular flexibility index (Phi) is 5.71. The number of amides is 1. The van der Waals surface area contributed by atoms with E-state index in [1.54, 1.807) is 29.4 Å². The monoisotopic (exact) mass is 343 g/mol. The van der Waals surface area contributed by atoms with Gasteiger partial charge in [-0.15, -0.1) is 0 Å². The normalized spacial score (nSPS) is 18.0. The molecule has 1 saturated heterocycles. The summed E-state index contributed by atoms with van der Waals surface area (Å²) in [6.07, 6.45) is 2.36. The van der Waals surface area contributed by atoms with Crippen molar-refractivity contribution in [1.29, 1.82) is 0 Å². The molecule has 0 aliphatic carbocycles. The van der Waals surface area contributed by atoms with Crippen LogP contribution in [0, 0.1) is 18.7 Å². The van der Waals surface area contributed by atoms with Crippen molar-refractivity contribution < 1.29 is 13.9 Å². The molecule has 1 aromatic carbocycles. The summed E-state index contributed by atoms with van der Waals surface area (Å²) in [4.78, 5) is 22.8. The number of hydrogen-bond acceptors (Lipinski definition) is 4. The molecule has 0 unspecified atom stereocenters. The molecule has 1 aliphatic rings. The highest BCUT2D eigenvalue weighted by atomic mass is 19.1. The van der Waals surface area contributed by atoms with E-state index in [-0.39, 0.29) is 24.1 Å². The van der Waals surface area contributed by atoms with Gasteiger partial charge in [0.2, 0.25) is 5.91 Å². The Labute approximate surface area is 146 Å². The smallest absolute Gasteiger partial charge is 0.227 e. The molecule has 1 atom stereocenters. The third-order valence-electron chi connectivity index (χ3n) is 4.35. The molecular formula is C19H22FN3O2. The topological polar surface area (TPSA) is 55.3 Å². The van der Waals surface area contributed by atoms with Crippen LogP contribution in [-0.4, -0.2) is 47.1 Å². The zero-order valence-electron chi connectivity index (χ0n) is 14.3. The number of benzene rings is 1. The van der Waals surface area contributed by atoms with Gasteiger partial charge in [0, 0.05) is 30.4 Å². The summed E-state index contributed by atoms with van der Waals surface area (Å²) in [7, 11) is 0. The van der Waals surface area contributed by atoms with Gasteiger partial charge < -0.3 is 9.64 Å². The maximum Gasteiger partial charge on any atom is 0.227 e. The van der Waals surface area contributed by atoms with Crippen LogP contribution >= 0.6 is 0 Å². The SMILES string of the molecule is Cc1cc(C[C@@H]2COCCN(C(=O)Cc3ccccc3F)C2)ncn1. The second kappa shape index (κ2) is 8.16. The van der Waals surface area contributed by atoms with Crippen molar-refractivity contribution in [2.75, 3.05) is 26.3 Å². The summed E-state index contributed by atoms with van der Waals surface area (Å²) in [5.74, 6) is -0.240. The molecule has 0 bridgehead atoms. The maximum atomic E-state index is 13.8. The number of carbonyl (C=O) groups excluding carboxylic acids is 1. The van der Waals surface area contributed by atoms with Crippen LogP contribution < -0.4 is 0 Å². The first-order valence-electron chi connectivity index (χ1n) is 8.48. The number of carbonyl (C=O) groups is 1. The first kappa shape index (κ1) is 17.5. The standard InChI is InChI=1S/C19H22FN3O2/c1-14-8-17(22-13-21-14)9-15-11-23(6-7-25-12-15)19(24)10-16-4-2-3-5-18(16)20/h2-5,8,13,15H,6-7,9-12H2,1H3/t15-/m0/s1. The summed E-state index contributed by atoms with van der Waals surface area (Å²) in [5, 5.41) is 0. The fourth-order valence-corrected chi connectivity index (χ4v) is 3.06. The van der Waals surface area contributed by atoms with Crippen LogP contribution in [0.3, 0.4) is 0 Å². The minimum atomic E-state index is -0.338. The second-order valence-corrected chi connectivity index (χ2v) is 6.40. The van der Waals surface area contributed by atoms with Crippen molar-refractivity contribution in [3.63, 3.8) is 0 Å². The average Bonchev–Trinajstić information content (AvgIpc) is 2.83. The van der Waals surface area contributed by atoms with Crippen molar-refractivity contribution >= 4 is 5.91 Å². The summed E-state index contributed by atoms with van der Waals surface area (Å²) in [6, 6.07) is 8.37. The van der Waals surface area contributed by atoms with Gasteiger partial charge in [0.15, 0.2) is 0 Å². The van der Waals surface area contributed by atoms with E-state index in [4.69, 9.17) is 4.74 Å². The van der Waals surface area contributed by atoms with Gasteiger partial charge in [-0.1, -0.05) is 18.2 Å². The number of aromatic nitrogens is 2. The molecule has 1 aliphatic heterocycles. The van der Waals surface area contributed by atoms with E-state index in [1.807, 2.05) is 13.0 Å². The molecule has 2 aromatic rings. The zero-order chi connectivity index (χ0) is 17.6. The van der Waals surface area contributed by atoms with Gasteiger partial charge in [0.1, 0.15) is 12.1 Å². The van der Waals surface area contributed by atoms with Gasteiger partial charge in [-0.05, 0) is 31.0 Å². The molecule has 1 amide bonds. The van der Waals surface area contributed by atoms with E-state index in [2.05, 4.69) is 9.97 Å². The number of nitrogens with zero attached hydrogens (tertiary/aromatic N) is 3. The minimum absolute atomic E-state index is 0.0699. The van der Waals surface area contributed by atoms with Crippen molar-refractivity contribution in [2.24, 2.45) is 5.92 Å². The fraction of sp³-hybridized carbons (Fsp3) is 0.421. The number of rotatable bonds is 4. The highest BCUT2D eigenvalue weighted by Gasteiger charge is 2.23. The van der Waals surface area contributed by atoms with E-state index in [0.717, 1.165) is 17.8 Å². The van der Waals surface area contributed by atoms with Crippen LogP contribution in [0.15, 0.2) is 36.7 Å². The molecule has 25 heavy (non-hydrogen) atoms. The van der Waals surface area contributed by atoms with Gasteiger partial charge in [-0.3, -0.25) is 4.79 Å². The largest absolute Gasteiger partial charge is 0.379 e. The molecule has 0 N–H and O–H groups in total. The Bertz CT molecular complexity index is 738. The van der Waals surface area contributed by atoms with E-state index < -0.39 is 0 Å². The van der Waals surface area contributed by atoms with Gasteiger partial charge in [-0.2, -0.15) is 0 Å². The first-order chi connectivity index (χ1) is 12.1. The zero-order valence-corrected chi connectivity index (χ0v) is 14.3. The quantitative estimate of drug-likeness (QED) is 0.854. The third-order valence-corrected chi connectivity index (χ3v) is 4.35. The number of halogens is 1. The Morgan fingerprint density at radius 3 is 3.00 bits per heavy atom. The van der Waals surface area contributed by atoms with Crippen LogP contribution in [0.25, 0.3) is 0 Å².